The minimum Gasteiger partial charge on any atom is -0.478 e. The van der Waals surface area contributed by atoms with Gasteiger partial charge in [0.1, 0.15) is 16.4 Å². The minimum atomic E-state index is -3.32. The van der Waals surface area contributed by atoms with Gasteiger partial charge in [-0.1, -0.05) is 11.6 Å². The molecule has 1 atom stereocenters. The lowest BCUT2D eigenvalue weighted by molar-refractivity contribution is 0.0684. The van der Waals surface area contributed by atoms with Crippen LogP contribution in [0.2, 0.25) is 5.15 Å². The smallest absolute Gasteiger partial charge is 0.341 e. The molecule has 112 valence electrons. The molecule has 1 aromatic rings. The number of alkyl halides is 2. The lowest BCUT2D eigenvalue weighted by Gasteiger charge is -2.23. The zero-order valence-corrected chi connectivity index (χ0v) is 11.9. The van der Waals surface area contributed by atoms with E-state index in [4.69, 9.17) is 16.7 Å². The van der Waals surface area contributed by atoms with E-state index < -0.39 is 44.2 Å². The van der Waals surface area contributed by atoms with E-state index in [-0.39, 0.29) is 17.9 Å². The molecule has 1 aliphatic rings. The van der Waals surface area contributed by atoms with E-state index >= 15 is 0 Å². The van der Waals surface area contributed by atoms with Crippen molar-refractivity contribution in [3.8, 4) is 0 Å². The highest BCUT2D eigenvalue weighted by atomic mass is 35.5. The molecule has 1 aromatic heterocycles. The second-order valence-electron chi connectivity index (χ2n) is 4.91. The molecular weight excluding hydrogens is 318 g/mol. The molecule has 0 saturated carbocycles. The van der Waals surface area contributed by atoms with Gasteiger partial charge in [0.05, 0.1) is 17.0 Å². The van der Waals surface area contributed by atoms with Crippen molar-refractivity contribution in [2.75, 3.05) is 11.5 Å². The molecule has 2 rings (SSSR count). The SMILES string of the molecule is CC1(n2nc(C(F)F)c(C(=O)O)c2Cl)CCS(=O)(=O)C1. The molecule has 1 aliphatic heterocycles. The Bertz CT molecular complexity index is 673. The summed E-state index contributed by atoms with van der Waals surface area (Å²) in [5.74, 6) is -2.06. The van der Waals surface area contributed by atoms with E-state index in [9.17, 15) is 22.0 Å². The molecule has 0 aromatic carbocycles. The molecule has 20 heavy (non-hydrogen) atoms. The summed E-state index contributed by atoms with van der Waals surface area (Å²) < 4.78 is 49.6. The number of aromatic carboxylic acids is 1. The highest BCUT2D eigenvalue weighted by molar-refractivity contribution is 7.91. The maximum Gasteiger partial charge on any atom is 0.341 e. The summed E-state index contributed by atoms with van der Waals surface area (Å²) >= 11 is 5.82. The molecule has 0 bridgehead atoms. The van der Waals surface area contributed by atoms with Gasteiger partial charge in [-0.05, 0) is 13.3 Å². The number of nitrogens with zero attached hydrogens (tertiary/aromatic N) is 2. The molecule has 0 amide bonds. The summed E-state index contributed by atoms with van der Waals surface area (Å²) in [6, 6.07) is 0. The number of carboxylic acid groups (broad SMARTS) is 1. The van der Waals surface area contributed by atoms with Crippen LogP contribution in [0.4, 0.5) is 8.78 Å². The third kappa shape index (κ3) is 2.39. The number of carboxylic acids is 1. The third-order valence-corrected chi connectivity index (χ3v) is 5.51. The van der Waals surface area contributed by atoms with Crippen molar-refractivity contribution >= 4 is 27.4 Å². The van der Waals surface area contributed by atoms with Crippen LogP contribution in [0.3, 0.4) is 0 Å². The molecule has 6 nitrogen and oxygen atoms in total. The van der Waals surface area contributed by atoms with Crippen LogP contribution in [0.1, 0.15) is 35.8 Å². The molecule has 0 spiro atoms. The van der Waals surface area contributed by atoms with Gasteiger partial charge in [-0.3, -0.25) is 0 Å². The van der Waals surface area contributed by atoms with Crippen molar-refractivity contribution in [1.29, 1.82) is 0 Å². The van der Waals surface area contributed by atoms with Gasteiger partial charge >= 0.3 is 5.97 Å². The van der Waals surface area contributed by atoms with Crippen molar-refractivity contribution < 1.29 is 27.1 Å². The summed E-state index contributed by atoms with van der Waals surface area (Å²) in [4.78, 5) is 11.0. The topological polar surface area (TPSA) is 89.3 Å². The summed E-state index contributed by atoms with van der Waals surface area (Å²) in [7, 11) is -3.32. The van der Waals surface area contributed by atoms with Crippen molar-refractivity contribution in [2.24, 2.45) is 0 Å². The van der Waals surface area contributed by atoms with Crippen molar-refractivity contribution in [1.82, 2.24) is 9.78 Å². The molecule has 1 fully saturated rings. The normalized spacial score (nSPS) is 25.2. The Morgan fingerprint density at radius 2 is 2.15 bits per heavy atom. The molecule has 1 unspecified atom stereocenters. The number of sulfone groups is 1. The lowest BCUT2D eigenvalue weighted by Crippen LogP contribution is -2.32. The van der Waals surface area contributed by atoms with Gasteiger partial charge in [0, 0.05) is 0 Å². The van der Waals surface area contributed by atoms with Crippen LogP contribution in [0.25, 0.3) is 0 Å². The summed E-state index contributed by atoms with van der Waals surface area (Å²) in [5, 5.41) is 12.0. The zero-order chi connectivity index (χ0) is 15.3. The molecule has 0 aliphatic carbocycles. The maximum absolute atomic E-state index is 12.8. The first-order chi connectivity index (χ1) is 9.07. The first-order valence-corrected chi connectivity index (χ1v) is 7.78. The average molecular weight is 329 g/mol. The van der Waals surface area contributed by atoms with Crippen LogP contribution in [0.5, 0.6) is 0 Å². The quantitative estimate of drug-likeness (QED) is 0.912. The van der Waals surface area contributed by atoms with Gasteiger partial charge in [-0.25, -0.2) is 26.7 Å². The minimum absolute atomic E-state index is 0.119. The van der Waals surface area contributed by atoms with Crippen LogP contribution in [-0.2, 0) is 15.4 Å². The summed E-state index contributed by atoms with van der Waals surface area (Å²) in [6.45, 7) is 1.50. The number of halogens is 3. The Kier molecular flexibility index (Phi) is 3.53. The third-order valence-electron chi connectivity index (χ3n) is 3.27. The predicted molar refractivity (Wildman–Crippen MR) is 66.1 cm³/mol. The number of hydrogen-bond acceptors (Lipinski definition) is 4. The predicted octanol–water partition coefficient (Wildman–Crippen LogP) is 1.71. The number of rotatable bonds is 3. The number of hydrogen-bond donors (Lipinski definition) is 1. The second-order valence-corrected chi connectivity index (χ2v) is 7.45. The van der Waals surface area contributed by atoms with Crippen molar-refractivity contribution in [2.45, 2.75) is 25.3 Å². The fourth-order valence-electron chi connectivity index (χ4n) is 2.28. The zero-order valence-electron chi connectivity index (χ0n) is 10.3. The van der Waals surface area contributed by atoms with Gasteiger partial charge in [-0.2, -0.15) is 5.10 Å². The molecule has 0 radical (unpaired) electrons. The largest absolute Gasteiger partial charge is 0.478 e. The average Bonchev–Trinajstić information content (AvgIpc) is 2.77. The Balaban J connectivity index is 2.60. The standard InChI is InChI=1S/C10H11ClF2N2O4S/c1-10(2-3-20(18,19)4-10)15-7(11)5(9(16)17)6(14-15)8(12)13/h8H,2-4H2,1H3,(H,16,17). The van der Waals surface area contributed by atoms with Gasteiger partial charge in [0.15, 0.2) is 9.84 Å². The summed E-state index contributed by atoms with van der Waals surface area (Å²) in [6.07, 6.45) is -2.97. The maximum atomic E-state index is 12.8. The Morgan fingerprint density at radius 1 is 1.55 bits per heavy atom. The van der Waals surface area contributed by atoms with Crippen LogP contribution in [-0.4, -0.2) is 40.8 Å². The highest BCUT2D eigenvalue weighted by Gasteiger charge is 2.43. The van der Waals surface area contributed by atoms with E-state index in [1.54, 1.807) is 0 Å². The van der Waals surface area contributed by atoms with E-state index in [2.05, 4.69) is 5.10 Å². The van der Waals surface area contributed by atoms with Crippen LogP contribution < -0.4 is 0 Å². The van der Waals surface area contributed by atoms with Crippen LogP contribution >= 0.6 is 11.6 Å². The lowest BCUT2D eigenvalue weighted by atomic mass is 10.0. The van der Waals surface area contributed by atoms with Crippen molar-refractivity contribution in [3.63, 3.8) is 0 Å². The summed E-state index contributed by atoms with van der Waals surface area (Å²) in [5.41, 5.74) is -2.85. The molecule has 2 heterocycles. The number of carbonyl (C=O) groups is 1. The van der Waals surface area contributed by atoms with Gasteiger partial charge in [-0.15, -0.1) is 0 Å². The second kappa shape index (κ2) is 4.66. The molecule has 1 N–H and O–H groups in total. The highest BCUT2D eigenvalue weighted by Crippen LogP contribution is 2.37. The Morgan fingerprint density at radius 3 is 2.50 bits per heavy atom. The van der Waals surface area contributed by atoms with E-state index in [1.807, 2.05) is 0 Å². The van der Waals surface area contributed by atoms with E-state index in [0.717, 1.165) is 4.68 Å². The fourth-order valence-corrected chi connectivity index (χ4v) is 4.81. The molecular formula is C10H11ClF2N2O4S. The first kappa shape index (κ1) is 15.2. The Labute approximate surface area is 118 Å². The van der Waals surface area contributed by atoms with E-state index in [0.29, 0.717) is 0 Å². The van der Waals surface area contributed by atoms with Crippen LogP contribution in [0, 0.1) is 0 Å². The molecule has 1 saturated heterocycles. The first-order valence-electron chi connectivity index (χ1n) is 5.58. The van der Waals surface area contributed by atoms with Gasteiger partial charge in [0.25, 0.3) is 6.43 Å². The monoisotopic (exact) mass is 328 g/mol. The fraction of sp³-hybridized carbons (Fsp3) is 0.600. The Hall–Kier alpha value is -1.22. The molecule has 10 heteroatoms. The number of aromatic nitrogens is 2. The van der Waals surface area contributed by atoms with Crippen molar-refractivity contribution in [3.05, 3.63) is 16.4 Å². The van der Waals surface area contributed by atoms with E-state index in [1.165, 1.54) is 6.92 Å². The van der Waals surface area contributed by atoms with Gasteiger partial charge in [0.2, 0.25) is 0 Å². The van der Waals surface area contributed by atoms with Gasteiger partial charge < -0.3 is 5.11 Å². The van der Waals surface area contributed by atoms with Crippen LogP contribution in [0.15, 0.2) is 0 Å².